The number of rotatable bonds is 2. The van der Waals surface area contributed by atoms with Gasteiger partial charge in [0.25, 0.3) is 5.69 Å². The van der Waals surface area contributed by atoms with Gasteiger partial charge < -0.3 is 9.94 Å². The molecular weight excluding hydrogens is 212 g/mol. The number of methoxy groups -OCH3 is 1. The number of carbonyl (C=O) groups excluding carboxylic acids is 1. The molecule has 0 saturated carbocycles. The van der Waals surface area contributed by atoms with Gasteiger partial charge in [-0.25, -0.2) is 4.79 Å². The first-order chi connectivity index (χ1) is 7.74. The van der Waals surface area contributed by atoms with Crippen molar-refractivity contribution < 1.29 is 19.1 Å². The summed E-state index contributed by atoms with van der Waals surface area (Å²) in [5.41, 5.74) is 0.525. The first-order valence-corrected chi connectivity index (χ1v) is 4.47. The van der Waals surface area contributed by atoms with Crippen LogP contribution in [0.3, 0.4) is 0 Å². The van der Waals surface area contributed by atoms with E-state index in [4.69, 9.17) is 0 Å². The molecule has 0 spiro atoms. The van der Waals surface area contributed by atoms with Gasteiger partial charge in [-0.15, -0.1) is 0 Å². The fourth-order valence-corrected chi connectivity index (χ4v) is 1.30. The highest BCUT2D eigenvalue weighted by Crippen LogP contribution is 2.19. The van der Waals surface area contributed by atoms with Gasteiger partial charge in [0.15, 0.2) is 0 Å². The van der Waals surface area contributed by atoms with Crippen LogP contribution in [0.15, 0.2) is 35.0 Å². The molecule has 0 unspecified atom stereocenters. The van der Waals surface area contributed by atoms with Gasteiger partial charge in [0.2, 0.25) is 0 Å². The summed E-state index contributed by atoms with van der Waals surface area (Å²) >= 11 is 0. The fourth-order valence-electron chi connectivity index (χ4n) is 1.30. The highest BCUT2D eigenvalue weighted by atomic mass is 16.8. The Balaban J connectivity index is 2.55. The average molecular weight is 220 g/mol. The predicted molar refractivity (Wildman–Crippen MR) is 52.2 cm³/mol. The average Bonchev–Trinajstić information content (AvgIpc) is 2.71. The van der Waals surface area contributed by atoms with E-state index in [0.717, 1.165) is 0 Å². The van der Waals surface area contributed by atoms with Crippen molar-refractivity contribution >= 4 is 5.97 Å². The molecular formula is C10H8N2O4. The maximum Gasteiger partial charge on any atom is 0.387 e. The molecule has 6 nitrogen and oxygen atoms in total. The topological polar surface area (TPSA) is 79.3 Å². The number of aromatic nitrogens is 2. The molecule has 2 aromatic rings. The molecule has 0 aliphatic heterocycles. The van der Waals surface area contributed by atoms with Gasteiger partial charge in [-0.2, -0.15) is 0 Å². The Kier molecular flexibility index (Phi) is 2.55. The molecule has 0 saturated heterocycles. The molecule has 16 heavy (non-hydrogen) atoms. The van der Waals surface area contributed by atoms with Crippen molar-refractivity contribution in [2.24, 2.45) is 0 Å². The Morgan fingerprint density at radius 2 is 2.12 bits per heavy atom. The van der Waals surface area contributed by atoms with Crippen molar-refractivity contribution in [3.63, 3.8) is 0 Å². The van der Waals surface area contributed by atoms with Crippen LogP contribution in [0.2, 0.25) is 0 Å². The molecule has 0 radical (unpaired) electrons. The minimum Gasteiger partial charge on any atom is -0.463 e. The first-order valence-electron chi connectivity index (χ1n) is 4.47. The second-order valence-corrected chi connectivity index (χ2v) is 2.98. The molecule has 0 atom stereocenters. The number of esters is 1. The van der Waals surface area contributed by atoms with Gasteiger partial charge in [-0.05, 0) is 4.90 Å². The van der Waals surface area contributed by atoms with Crippen molar-refractivity contribution in [2.45, 2.75) is 0 Å². The lowest BCUT2D eigenvalue weighted by molar-refractivity contribution is -0.804. The molecule has 0 amide bonds. The van der Waals surface area contributed by atoms with Crippen LogP contribution >= 0.6 is 0 Å². The van der Waals surface area contributed by atoms with Crippen LogP contribution in [0.5, 0.6) is 0 Å². The SMILES string of the molecule is COC(=O)c1c(-c2ccccc2)no[n+]1[O-]. The molecule has 1 aromatic heterocycles. The van der Waals surface area contributed by atoms with Crippen molar-refractivity contribution in [1.29, 1.82) is 0 Å². The van der Waals surface area contributed by atoms with Gasteiger partial charge in [0.05, 0.1) is 7.11 Å². The normalized spacial score (nSPS) is 10.1. The van der Waals surface area contributed by atoms with E-state index in [1.54, 1.807) is 24.3 Å². The Morgan fingerprint density at radius 3 is 2.75 bits per heavy atom. The zero-order chi connectivity index (χ0) is 11.5. The zero-order valence-corrected chi connectivity index (χ0v) is 8.41. The second kappa shape index (κ2) is 4.01. The van der Waals surface area contributed by atoms with Crippen LogP contribution < -0.4 is 4.90 Å². The van der Waals surface area contributed by atoms with E-state index in [-0.39, 0.29) is 16.3 Å². The summed E-state index contributed by atoms with van der Waals surface area (Å²) in [5.74, 6) is -0.782. The summed E-state index contributed by atoms with van der Waals surface area (Å²) in [7, 11) is 1.18. The minimum absolute atomic E-state index is 0.0359. The van der Waals surface area contributed by atoms with E-state index in [0.29, 0.717) is 5.56 Å². The fraction of sp³-hybridized carbons (Fsp3) is 0.100. The molecule has 0 N–H and O–H groups in total. The number of benzene rings is 1. The van der Waals surface area contributed by atoms with Gasteiger partial charge in [-0.1, -0.05) is 30.3 Å². The summed E-state index contributed by atoms with van der Waals surface area (Å²) in [6.45, 7) is 0. The molecule has 6 heteroatoms. The molecule has 0 aliphatic carbocycles. The Hall–Kier alpha value is -2.37. The molecule has 0 fully saturated rings. The van der Waals surface area contributed by atoms with E-state index in [9.17, 15) is 10.0 Å². The summed E-state index contributed by atoms with van der Waals surface area (Å²) in [6, 6.07) is 8.77. The molecule has 1 heterocycles. The van der Waals surface area contributed by atoms with Gasteiger partial charge in [-0.3, -0.25) is 4.63 Å². The van der Waals surface area contributed by atoms with Crippen molar-refractivity contribution in [2.75, 3.05) is 7.11 Å². The van der Waals surface area contributed by atoms with Crippen LogP contribution in [0.25, 0.3) is 11.3 Å². The smallest absolute Gasteiger partial charge is 0.387 e. The molecule has 82 valence electrons. The van der Waals surface area contributed by atoms with Crippen molar-refractivity contribution in [1.82, 2.24) is 5.16 Å². The highest BCUT2D eigenvalue weighted by Gasteiger charge is 2.28. The van der Waals surface area contributed by atoms with Crippen LogP contribution in [0.4, 0.5) is 0 Å². The third-order valence-electron chi connectivity index (χ3n) is 2.04. The molecule has 0 bridgehead atoms. The van der Waals surface area contributed by atoms with Crippen LogP contribution in [-0.4, -0.2) is 18.2 Å². The predicted octanol–water partition coefficient (Wildman–Crippen LogP) is 0.762. The van der Waals surface area contributed by atoms with Gasteiger partial charge >= 0.3 is 11.7 Å². The second-order valence-electron chi connectivity index (χ2n) is 2.98. The summed E-state index contributed by atoms with van der Waals surface area (Å²) < 4.78 is 8.86. The van der Waals surface area contributed by atoms with E-state index >= 15 is 0 Å². The van der Waals surface area contributed by atoms with E-state index < -0.39 is 5.97 Å². The number of nitrogens with zero attached hydrogens (tertiary/aromatic N) is 2. The van der Waals surface area contributed by atoms with Crippen LogP contribution in [-0.2, 0) is 4.74 Å². The number of hydrogen-bond acceptors (Lipinski definition) is 5. The number of ether oxygens (including phenoxy) is 1. The van der Waals surface area contributed by atoms with E-state index in [2.05, 4.69) is 14.5 Å². The lowest BCUT2D eigenvalue weighted by Gasteiger charge is -1.96. The molecule has 2 rings (SSSR count). The maximum absolute atomic E-state index is 11.3. The van der Waals surface area contributed by atoms with Gasteiger partial charge in [0, 0.05) is 10.7 Å². The third kappa shape index (κ3) is 1.60. The van der Waals surface area contributed by atoms with E-state index in [1.807, 2.05) is 6.07 Å². The van der Waals surface area contributed by atoms with Crippen LogP contribution in [0, 0.1) is 5.21 Å². The van der Waals surface area contributed by atoms with Crippen LogP contribution in [0.1, 0.15) is 10.5 Å². The summed E-state index contributed by atoms with van der Waals surface area (Å²) in [4.78, 5) is 11.4. The van der Waals surface area contributed by atoms with Crippen molar-refractivity contribution in [3.05, 3.63) is 41.2 Å². The Labute approximate surface area is 90.6 Å². The van der Waals surface area contributed by atoms with Crippen molar-refractivity contribution in [3.8, 4) is 11.3 Å². The Morgan fingerprint density at radius 1 is 1.44 bits per heavy atom. The monoisotopic (exact) mass is 220 g/mol. The Bertz CT molecular complexity index is 507. The quantitative estimate of drug-likeness (QED) is 0.551. The molecule has 0 aliphatic rings. The third-order valence-corrected chi connectivity index (χ3v) is 2.04. The number of hydrogen-bond donors (Lipinski definition) is 0. The summed E-state index contributed by atoms with van der Waals surface area (Å²) in [5, 5.41) is 14.7. The highest BCUT2D eigenvalue weighted by molar-refractivity contribution is 5.92. The molecule has 1 aromatic carbocycles. The largest absolute Gasteiger partial charge is 0.463 e. The standard InChI is InChI=1S/C10H8N2O4/c1-15-10(13)9-8(11-16-12(9)14)7-5-3-2-4-6-7/h2-6H,1H3. The summed E-state index contributed by atoms with van der Waals surface area (Å²) in [6.07, 6.45) is 0. The maximum atomic E-state index is 11.3. The number of carbonyl (C=O) groups is 1. The lowest BCUT2D eigenvalue weighted by atomic mass is 10.1. The van der Waals surface area contributed by atoms with E-state index in [1.165, 1.54) is 7.11 Å². The zero-order valence-electron chi connectivity index (χ0n) is 8.41. The lowest BCUT2D eigenvalue weighted by Crippen LogP contribution is -2.31. The minimum atomic E-state index is -0.782. The van der Waals surface area contributed by atoms with Gasteiger partial charge in [0.1, 0.15) is 0 Å². The first kappa shape index (κ1) is 10.2.